The number of halogens is 1. The number of hydrogen-bond acceptors (Lipinski definition) is 3. The van der Waals surface area contributed by atoms with Crippen molar-refractivity contribution in [3.8, 4) is 5.75 Å². The molecule has 1 aromatic carbocycles. The van der Waals surface area contributed by atoms with E-state index in [0.29, 0.717) is 5.56 Å². The van der Waals surface area contributed by atoms with Crippen LogP contribution in [0.5, 0.6) is 5.75 Å². The van der Waals surface area contributed by atoms with Crippen molar-refractivity contribution in [3.05, 3.63) is 29.6 Å². The smallest absolute Gasteiger partial charge is 0.131 e. The summed E-state index contributed by atoms with van der Waals surface area (Å²) in [6.45, 7) is 4.36. The number of phenolic OH excluding ortho intramolecular Hbond substituents is 1. The SMILES string of the molecule is CC(NCCCOCC1CC1)c1ccc(O)cc1F. The molecule has 4 heteroatoms. The zero-order valence-electron chi connectivity index (χ0n) is 11.4. The molecule has 2 N–H and O–H groups in total. The van der Waals surface area contributed by atoms with Crippen molar-refractivity contribution < 1.29 is 14.2 Å². The van der Waals surface area contributed by atoms with Crippen LogP contribution in [0.15, 0.2) is 18.2 Å². The van der Waals surface area contributed by atoms with Crippen LogP contribution < -0.4 is 5.32 Å². The van der Waals surface area contributed by atoms with Gasteiger partial charge in [0.1, 0.15) is 11.6 Å². The van der Waals surface area contributed by atoms with Gasteiger partial charge in [-0.15, -0.1) is 0 Å². The molecular weight excluding hydrogens is 245 g/mol. The largest absolute Gasteiger partial charge is 0.508 e. The van der Waals surface area contributed by atoms with Gasteiger partial charge in [0.2, 0.25) is 0 Å². The highest BCUT2D eigenvalue weighted by Gasteiger charge is 2.20. The molecule has 0 amide bonds. The van der Waals surface area contributed by atoms with E-state index in [0.717, 1.165) is 38.2 Å². The third-order valence-electron chi connectivity index (χ3n) is 3.42. The van der Waals surface area contributed by atoms with E-state index in [1.807, 2.05) is 6.92 Å². The average molecular weight is 267 g/mol. The Hall–Kier alpha value is -1.13. The maximum Gasteiger partial charge on any atom is 0.131 e. The van der Waals surface area contributed by atoms with Gasteiger partial charge in [0, 0.05) is 30.9 Å². The monoisotopic (exact) mass is 267 g/mol. The van der Waals surface area contributed by atoms with Crippen molar-refractivity contribution in [1.29, 1.82) is 0 Å². The maximum atomic E-state index is 13.6. The minimum atomic E-state index is -0.370. The first-order chi connectivity index (χ1) is 9.16. The van der Waals surface area contributed by atoms with Crippen molar-refractivity contribution in [3.63, 3.8) is 0 Å². The van der Waals surface area contributed by atoms with Gasteiger partial charge in [-0.05, 0) is 44.7 Å². The highest BCUT2D eigenvalue weighted by molar-refractivity contribution is 5.29. The highest BCUT2D eigenvalue weighted by Crippen LogP contribution is 2.28. The summed E-state index contributed by atoms with van der Waals surface area (Å²) in [5.41, 5.74) is 0.580. The van der Waals surface area contributed by atoms with Crippen LogP contribution in [0.3, 0.4) is 0 Å². The Bertz CT molecular complexity index is 407. The number of aromatic hydroxyl groups is 1. The molecule has 3 nitrogen and oxygen atoms in total. The maximum absolute atomic E-state index is 13.6. The van der Waals surface area contributed by atoms with Crippen LogP contribution in [0.1, 0.15) is 37.8 Å². The zero-order chi connectivity index (χ0) is 13.7. The molecule has 0 radical (unpaired) electrons. The molecule has 1 saturated carbocycles. The van der Waals surface area contributed by atoms with Crippen LogP contribution in [0, 0.1) is 11.7 Å². The van der Waals surface area contributed by atoms with Crippen LogP contribution in [-0.4, -0.2) is 24.9 Å². The molecule has 1 unspecified atom stereocenters. The predicted octanol–water partition coefficient (Wildman–Crippen LogP) is 3.00. The van der Waals surface area contributed by atoms with Crippen molar-refractivity contribution >= 4 is 0 Å². The van der Waals surface area contributed by atoms with Gasteiger partial charge >= 0.3 is 0 Å². The van der Waals surface area contributed by atoms with Crippen molar-refractivity contribution in [1.82, 2.24) is 5.32 Å². The summed E-state index contributed by atoms with van der Waals surface area (Å²) in [7, 11) is 0. The molecule has 0 spiro atoms. The third kappa shape index (κ3) is 4.80. The molecule has 1 aromatic rings. The first-order valence-corrected chi connectivity index (χ1v) is 6.96. The average Bonchev–Trinajstić information content (AvgIpc) is 3.17. The number of hydrogen-bond donors (Lipinski definition) is 2. The summed E-state index contributed by atoms with van der Waals surface area (Å²) in [6, 6.07) is 4.21. The van der Waals surface area contributed by atoms with Crippen molar-refractivity contribution in [2.75, 3.05) is 19.8 Å². The Morgan fingerprint density at radius 3 is 2.95 bits per heavy atom. The van der Waals surface area contributed by atoms with Gasteiger partial charge in [0.25, 0.3) is 0 Å². The highest BCUT2D eigenvalue weighted by atomic mass is 19.1. The number of nitrogens with one attached hydrogen (secondary N) is 1. The lowest BCUT2D eigenvalue weighted by Gasteiger charge is -2.15. The van der Waals surface area contributed by atoms with E-state index in [-0.39, 0.29) is 17.6 Å². The van der Waals surface area contributed by atoms with Gasteiger partial charge < -0.3 is 15.2 Å². The summed E-state index contributed by atoms with van der Waals surface area (Å²) >= 11 is 0. The number of benzene rings is 1. The minimum absolute atomic E-state index is 0.0399. The fourth-order valence-electron chi connectivity index (χ4n) is 2.00. The van der Waals surface area contributed by atoms with E-state index in [2.05, 4.69) is 5.32 Å². The molecule has 1 atom stereocenters. The summed E-state index contributed by atoms with van der Waals surface area (Å²) < 4.78 is 19.1. The van der Waals surface area contributed by atoms with Gasteiger partial charge in [-0.1, -0.05) is 6.07 Å². The van der Waals surface area contributed by atoms with E-state index in [1.165, 1.54) is 18.9 Å². The second-order valence-corrected chi connectivity index (χ2v) is 5.25. The van der Waals surface area contributed by atoms with E-state index >= 15 is 0 Å². The van der Waals surface area contributed by atoms with Gasteiger partial charge in [0.15, 0.2) is 0 Å². The number of ether oxygens (including phenoxy) is 1. The fourth-order valence-corrected chi connectivity index (χ4v) is 2.00. The topological polar surface area (TPSA) is 41.5 Å². The van der Waals surface area contributed by atoms with Crippen LogP contribution in [-0.2, 0) is 4.74 Å². The summed E-state index contributed by atoms with van der Waals surface area (Å²) in [5, 5.41) is 12.4. The normalized spacial score (nSPS) is 16.5. The van der Waals surface area contributed by atoms with Crippen molar-refractivity contribution in [2.24, 2.45) is 5.92 Å². The number of rotatable bonds is 8. The van der Waals surface area contributed by atoms with Crippen LogP contribution in [0.25, 0.3) is 0 Å². The lowest BCUT2D eigenvalue weighted by atomic mass is 10.1. The van der Waals surface area contributed by atoms with Crippen LogP contribution in [0.4, 0.5) is 4.39 Å². The van der Waals surface area contributed by atoms with Gasteiger partial charge in [-0.3, -0.25) is 0 Å². The Balaban J connectivity index is 1.63. The molecule has 106 valence electrons. The second-order valence-electron chi connectivity index (χ2n) is 5.25. The molecule has 1 aliphatic carbocycles. The van der Waals surface area contributed by atoms with E-state index in [1.54, 1.807) is 6.07 Å². The Kier molecular flexibility index (Phi) is 5.16. The Morgan fingerprint density at radius 1 is 1.47 bits per heavy atom. The molecule has 0 aliphatic heterocycles. The lowest BCUT2D eigenvalue weighted by Crippen LogP contribution is -2.22. The summed E-state index contributed by atoms with van der Waals surface area (Å²) in [4.78, 5) is 0. The first kappa shape index (κ1) is 14.3. The Labute approximate surface area is 113 Å². The molecular formula is C15H22FNO2. The molecule has 1 fully saturated rings. The first-order valence-electron chi connectivity index (χ1n) is 6.96. The molecule has 19 heavy (non-hydrogen) atoms. The molecule has 0 saturated heterocycles. The molecule has 0 aromatic heterocycles. The standard InChI is InChI=1S/C15H22FNO2/c1-11(14-6-5-13(18)9-15(14)16)17-7-2-8-19-10-12-3-4-12/h5-6,9,11-12,17-18H,2-4,7-8,10H2,1H3. The van der Waals surface area contributed by atoms with Crippen LogP contribution >= 0.6 is 0 Å². The Morgan fingerprint density at radius 2 is 2.26 bits per heavy atom. The van der Waals surface area contributed by atoms with Gasteiger partial charge in [0.05, 0.1) is 0 Å². The molecule has 0 heterocycles. The predicted molar refractivity (Wildman–Crippen MR) is 72.6 cm³/mol. The minimum Gasteiger partial charge on any atom is -0.508 e. The van der Waals surface area contributed by atoms with E-state index < -0.39 is 0 Å². The quantitative estimate of drug-likeness (QED) is 0.711. The molecule has 1 aliphatic rings. The second kappa shape index (κ2) is 6.87. The van der Waals surface area contributed by atoms with Crippen molar-refractivity contribution in [2.45, 2.75) is 32.2 Å². The lowest BCUT2D eigenvalue weighted by molar-refractivity contribution is 0.121. The van der Waals surface area contributed by atoms with E-state index in [4.69, 9.17) is 9.84 Å². The third-order valence-corrected chi connectivity index (χ3v) is 3.42. The summed E-state index contributed by atoms with van der Waals surface area (Å²) in [6.07, 6.45) is 3.56. The fraction of sp³-hybridized carbons (Fsp3) is 0.600. The zero-order valence-corrected chi connectivity index (χ0v) is 11.4. The molecule has 2 rings (SSSR count). The van der Waals surface area contributed by atoms with Gasteiger partial charge in [-0.25, -0.2) is 4.39 Å². The number of phenols is 1. The molecule has 0 bridgehead atoms. The van der Waals surface area contributed by atoms with Crippen LogP contribution in [0.2, 0.25) is 0 Å². The summed E-state index contributed by atoms with van der Waals surface area (Å²) in [5.74, 6) is 0.393. The van der Waals surface area contributed by atoms with E-state index in [9.17, 15) is 4.39 Å². The van der Waals surface area contributed by atoms with Gasteiger partial charge in [-0.2, -0.15) is 0 Å².